The minimum absolute atomic E-state index is 0.0655. The zero-order valence-electron chi connectivity index (χ0n) is 18.1. The standard InChI is InChI=1S/C25H17ClF4N2O3/c1-34-22-12-16(11-20(26)23(22)35-14-15-6-8-18(27)9-7-15)10-17(13-31)24(33)32-21-5-3-2-4-19(21)25(28,29)30/h2-12H,14H2,1H3,(H,32,33)/b17-10-. The summed E-state index contributed by atoms with van der Waals surface area (Å²) < 4.78 is 63.6. The van der Waals surface area contributed by atoms with Crippen LogP contribution in [0.1, 0.15) is 16.7 Å². The summed E-state index contributed by atoms with van der Waals surface area (Å²) in [4.78, 5) is 12.5. The summed E-state index contributed by atoms with van der Waals surface area (Å²) in [6.07, 6.45) is -3.53. The Morgan fingerprint density at radius 1 is 1.14 bits per heavy atom. The first-order chi connectivity index (χ1) is 16.6. The first kappa shape index (κ1) is 25.6. The van der Waals surface area contributed by atoms with Crippen LogP contribution in [0, 0.1) is 17.1 Å². The molecule has 0 saturated carbocycles. The number of methoxy groups -OCH3 is 1. The van der Waals surface area contributed by atoms with E-state index in [9.17, 15) is 27.6 Å². The van der Waals surface area contributed by atoms with Crippen LogP contribution in [0.5, 0.6) is 11.5 Å². The van der Waals surface area contributed by atoms with E-state index in [-0.39, 0.29) is 34.5 Å². The van der Waals surface area contributed by atoms with Crippen molar-refractivity contribution in [2.45, 2.75) is 12.8 Å². The van der Waals surface area contributed by atoms with Crippen molar-refractivity contribution in [3.8, 4) is 17.6 Å². The molecule has 0 aliphatic heterocycles. The van der Waals surface area contributed by atoms with Crippen LogP contribution in [0.15, 0.2) is 66.2 Å². The van der Waals surface area contributed by atoms with Gasteiger partial charge in [-0.25, -0.2) is 4.39 Å². The fourth-order valence-corrected chi connectivity index (χ4v) is 3.32. The summed E-state index contributed by atoms with van der Waals surface area (Å²) in [6.45, 7) is 0.0655. The molecule has 0 bridgehead atoms. The smallest absolute Gasteiger partial charge is 0.418 e. The number of carbonyl (C=O) groups excluding carboxylic acids is 1. The molecule has 0 aliphatic rings. The highest BCUT2D eigenvalue weighted by atomic mass is 35.5. The number of benzene rings is 3. The lowest BCUT2D eigenvalue weighted by Gasteiger charge is -2.14. The summed E-state index contributed by atoms with van der Waals surface area (Å²) >= 11 is 6.31. The van der Waals surface area contributed by atoms with Crippen LogP contribution in [0.3, 0.4) is 0 Å². The monoisotopic (exact) mass is 504 g/mol. The number of para-hydroxylation sites is 1. The Labute approximate surface area is 203 Å². The minimum atomic E-state index is -4.69. The van der Waals surface area contributed by atoms with Crippen LogP contribution >= 0.6 is 11.6 Å². The number of alkyl halides is 3. The van der Waals surface area contributed by atoms with Crippen molar-refractivity contribution in [2.24, 2.45) is 0 Å². The maximum Gasteiger partial charge on any atom is 0.418 e. The van der Waals surface area contributed by atoms with E-state index in [0.29, 0.717) is 5.56 Å². The van der Waals surface area contributed by atoms with Gasteiger partial charge >= 0.3 is 6.18 Å². The van der Waals surface area contributed by atoms with E-state index in [1.54, 1.807) is 18.2 Å². The van der Waals surface area contributed by atoms with Gasteiger partial charge in [0.15, 0.2) is 11.5 Å². The highest BCUT2D eigenvalue weighted by Crippen LogP contribution is 2.38. The van der Waals surface area contributed by atoms with Gasteiger partial charge in [-0.15, -0.1) is 0 Å². The molecule has 3 aromatic rings. The normalized spacial score (nSPS) is 11.5. The Morgan fingerprint density at radius 3 is 2.46 bits per heavy atom. The first-order valence-corrected chi connectivity index (χ1v) is 10.3. The fourth-order valence-electron chi connectivity index (χ4n) is 3.04. The van der Waals surface area contributed by atoms with Crippen LogP contribution in [0.2, 0.25) is 5.02 Å². The zero-order valence-corrected chi connectivity index (χ0v) is 18.9. The number of hydrogen-bond acceptors (Lipinski definition) is 4. The van der Waals surface area contributed by atoms with E-state index < -0.39 is 28.9 Å². The SMILES string of the molecule is COc1cc(/C=C(/C#N)C(=O)Nc2ccccc2C(F)(F)F)cc(Cl)c1OCc1ccc(F)cc1. The van der Waals surface area contributed by atoms with Crippen molar-refractivity contribution >= 4 is 29.3 Å². The summed E-state index contributed by atoms with van der Waals surface area (Å²) in [5.74, 6) is -1.06. The molecular weight excluding hydrogens is 488 g/mol. The van der Waals surface area contributed by atoms with Gasteiger partial charge in [-0.05, 0) is 53.6 Å². The van der Waals surface area contributed by atoms with Crippen molar-refractivity contribution in [2.75, 3.05) is 12.4 Å². The Bertz CT molecular complexity index is 1300. The third-order valence-corrected chi connectivity index (χ3v) is 4.99. The second-order valence-corrected chi connectivity index (χ2v) is 7.52. The average Bonchev–Trinajstić information content (AvgIpc) is 2.82. The molecule has 3 rings (SSSR count). The van der Waals surface area contributed by atoms with Gasteiger partial charge in [-0.2, -0.15) is 18.4 Å². The van der Waals surface area contributed by atoms with Gasteiger partial charge in [0.05, 0.1) is 23.4 Å². The van der Waals surface area contributed by atoms with Gasteiger partial charge in [0.2, 0.25) is 0 Å². The molecule has 1 N–H and O–H groups in total. The van der Waals surface area contributed by atoms with Crippen LogP contribution < -0.4 is 14.8 Å². The number of carbonyl (C=O) groups is 1. The summed E-state index contributed by atoms with van der Waals surface area (Å²) in [7, 11) is 1.36. The van der Waals surface area contributed by atoms with Crippen molar-refractivity contribution in [3.05, 3.63) is 93.8 Å². The van der Waals surface area contributed by atoms with Crippen molar-refractivity contribution in [1.82, 2.24) is 0 Å². The maximum atomic E-state index is 13.2. The second kappa shape index (κ2) is 10.9. The van der Waals surface area contributed by atoms with E-state index in [4.69, 9.17) is 21.1 Å². The van der Waals surface area contributed by atoms with E-state index in [0.717, 1.165) is 18.2 Å². The number of nitriles is 1. The summed E-state index contributed by atoms with van der Waals surface area (Å²) in [5, 5.41) is 11.6. The quantitative estimate of drug-likeness (QED) is 0.223. The topological polar surface area (TPSA) is 71.3 Å². The largest absolute Gasteiger partial charge is 0.493 e. The van der Waals surface area contributed by atoms with Gasteiger partial charge in [-0.3, -0.25) is 4.79 Å². The second-order valence-electron chi connectivity index (χ2n) is 7.12. The summed E-state index contributed by atoms with van der Waals surface area (Å²) in [6, 6.07) is 14.6. The molecule has 1 amide bonds. The number of anilines is 1. The molecule has 0 aliphatic carbocycles. The Balaban J connectivity index is 1.84. The molecule has 0 radical (unpaired) electrons. The number of amides is 1. The fraction of sp³-hybridized carbons (Fsp3) is 0.120. The van der Waals surface area contributed by atoms with Gasteiger partial charge in [0.1, 0.15) is 24.1 Å². The predicted octanol–water partition coefficient (Wildman–Crippen LogP) is 6.63. The van der Waals surface area contributed by atoms with Crippen molar-refractivity contribution in [1.29, 1.82) is 5.26 Å². The molecule has 0 fully saturated rings. The minimum Gasteiger partial charge on any atom is -0.493 e. The third-order valence-electron chi connectivity index (χ3n) is 4.70. The highest BCUT2D eigenvalue weighted by Gasteiger charge is 2.33. The lowest BCUT2D eigenvalue weighted by Crippen LogP contribution is -2.17. The zero-order chi connectivity index (χ0) is 25.6. The van der Waals surface area contributed by atoms with E-state index in [2.05, 4.69) is 5.32 Å². The van der Waals surface area contributed by atoms with Crippen molar-refractivity contribution in [3.63, 3.8) is 0 Å². The molecule has 0 unspecified atom stereocenters. The Morgan fingerprint density at radius 2 is 1.83 bits per heavy atom. The number of rotatable bonds is 7. The average molecular weight is 505 g/mol. The maximum absolute atomic E-state index is 13.2. The van der Waals surface area contributed by atoms with E-state index in [1.807, 2.05) is 0 Å². The molecule has 180 valence electrons. The Hall–Kier alpha value is -4.03. The molecule has 0 heterocycles. The predicted molar refractivity (Wildman–Crippen MR) is 122 cm³/mol. The van der Waals surface area contributed by atoms with E-state index >= 15 is 0 Å². The summed E-state index contributed by atoms with van der Waals surface area (Å²) in [5.41, 5.74) is -1.03. The molecule has 0 spiro atoms. The molecule has 3 aromatic carbocycles. The number of nitrogens with one attached hydrogen (secondary N) is 1. The molecule has 10 heteroatoms. The van der Waals surface area contributed by atoms with Crippen LogP contribution in [-0.4, -0.2) is 13.0 Å². The number of nitrogens with zero attached hydrogens (tertiary/aromatic N) is 1. The van der Waals surface area contributed by atoms with E-state index in [1.165, 1.54) is 43.5 Å². The highest BCUT2D eigenvalue weighted by molar-refractivity contribution is 6.32. The molecule has 5 nitrogen and oxygen atoms in total. The van der Waals surface area contributed by atoms with Gasteiger partial charge < -0.3 is 14.8 Å². The molecule has 0 aromatic heterocycles. The van der Waals surface area contributed by atoms with Crippen LogP contribution in [-0.2, 0) is 17.6 Å². The van der Waals surface area contributed by atoms with Gasteiger partial charge in [0, 0.05) is 0 Å². The molecular formula is C25H17ClF4N2O3. The number of hydrogen-bond donors (Lipinski definition) is 1. The molecule has 0 atom stereocenters. The van der Waals surface area contributed by atoms with Crippen LogP contribution in [0.4, 0.5) is 23.2 Å². The lowest BCUT2D eigenvalue weighted by molar-refractivity contribution is -0.137. The first-order valence-electron chi connectivity index (χ1n) is 9.96. The number of ether oxygens (including phenoxy) is 2. The van der Waals surface area contributed by atoms with Crippen LogP contribution in [0.25, 0.3) is 6.08 Å². The Kier molecular flexibility index (Phi) is 7.99. The van der Waals surface area contributed by atoms with Gasteiger partial charge in [0.25, 0.3) is 5.91 Å². The third kappa shape index (κ3) is 6.52. The van der Waals surface area contributed by atoms with Gasteiger partial charge in [-0.1, -0.05) is 35.9 Å². The lowest BCUT2D eigenvalue weighted by atomic mass is 10.1. The molecule has 35 heavy (non-hydrogen) atoms. The van der Waals surface area contributed by atoms with Crippen molar-refractivity contribution < 1.29 is 31.8 Å². The molecule has 0 saturated heterocycles. The number of halogens is 5.